The normalized spacial score (nSPS) is 18.7. The molecule has 0 radical (unpaired) electrons. The van der Waals surface area contributed by atoms with E-state index in [1.54, 1.807) is 23.5 Å². The van der Waals surface area contributed by atoms with Crippen LogP contribution in [0.1, 0.15) is 19.5 Å². The number of aromatic nitrogens is 3. The minimum atomic E-state index is -1.12. The van der Waals surface area contributed by atoms with E-state index in [0.717, 1.165) is 48.3 Å². The SMILES string of the molecule is CC(C)[C@H](CO)Nc1nc(N2CCN(c3nc(-c4ccc(F)cc4)cs3)CC2)nc2c1S(=O)CC2. The van der Waals surface area contributed by atoms with Crippen molar-refractivity contribution in [1.29, 1.82) is 0 Å². The minimum Gasteiger partial charge on any atom is -0.394 e. The van der Waals surface area contributed by atoms with Gasteiger partial charge in [0.15, 0.2) is 5.13 Å². The average molecular weight is 517 g/mol. The van der Waals surface area contributed by atoms with Gasteiger partial charge in [-0.3, -0.25) is 4.21 Å². The first-order valence-corrected chi connectivity index (χ1v) is 14.0. The van der Waals surface area contributed by atoms with Crippen molar-refractivity contribution in [2.75, 3.05) is 53.7 Å². The predicted octanol–water partition coefficient (Wildman–Crippen LogP) is 3.16. The molecule has 1 aromatic carbocycles. The fraction of sp³-hybridized carbons (Fsp3) is 0.458. The van der Waals surface area contributed by atoms with Gasteiger partial charge in [0.25, 0.3) is 0 Å². The Morgan fingerprint density at radius 3 is 2.51 bits per heavy atom. The van der Waals surface area contributed by atoms with Crippen LogP contribution >= 0.6 is 11.3 Å². The number of hydrogen-bond acceptors (Lipinski definition) is 9. The first kappa shape index (κ1) is 24.1. The maximum Gasteiger partial charge on any atom is 0.227 e. The maximum absolute atomic E-state index is 13.2. The number of fused-ring (bicyclic) bond motifs is 1. The molecule has 2 atom stereocenters. The Labute approximate surface area is 210 Å². The lowest BCUT2D eigenvalue weighted by Crippen LogP contribution is -2.47. The summed E-state index contributed by atoms with van der Waals surface area (Å²) in [6.07, 6.45) is 0.670. The minimum absolute atomic E-state index is 0.0230. The van der Waals surface area contributed by atoms with Crippen molar-refractivity contribution in [3.8, 4) is 11.3 Å². The Hall–Kier alpha value is -2.63. The lowest BCUT2D eigenvalue weighted by atomic mass is 10.1. The van der Waals surface area contributed by atoms with E-state index in [9.17, 15) is 13.7 Å². The summed E-state index contributed by atoms with van der Waals surface area (Å²) in [5, 5.41) is 16.1. The van der Waals surface area contributed by atoms with Crippen LogP contribution in [0.5, 0.6) is 0 Å². The molecule has 0 spiro atoms. The molecule has 2 N–H and O–H groups in total. The number of hydrogen-bond donors (Lipinski definition) is 2. The molecular weight excluding hydrogens is 487 g/mol. The number of aryl methyl sites for hydroxylation is 1. The molecule has 35 heavy (non-hydrogen) atoms. The zero-order valence-corrected chi connectivity index (χ0v) is 21.4. The highest BCUT2D eigenvalue weighted by molar-refractivity contribution is 7.85. The predicted molar refractivity (Wildman–Crippen MR) is 138 cm³/mol. The van der Waals surface area contributed by atoms with Crippen LogP contribution in [0.25, 0.3) is 11.3 Å². The van der Waals surface area contributed by atoms with Crippen LogP contribution in [0.15, 0.2) is 34.5 Å². The third-order valence-corrected chi connectivity index (χ3v) is 8.83. The molecule has 186 valence electrons. The lowest BCUT2D eigenvalue weighted by molar-refractivity contribution is 0.249. The standard InChI is InChI=1S/C24H29FN6O2S2/c1-15(2)19(13-32)26-22-21-18(7-12-35(21)33)27-23(29-22)30-8-10-31(11-9-30)24-28-20(14-34-24)16-3-5-17(25)6-4-16/h3-6,14-15,19,32H,7-13H2,1-2H3,(H,26,27,29)/t19-,35?/m0/s1. The van der Waals surface area contributed by atoms with Gasteiger partial charge in [-0.2, -0.15) is 4.98 Å². The van der Waals surface area contributed by atoms with Gasteiger partial charge in [0.05, 0.1) is 34.8 Å². The van der Waals surface area contributed by atoms with E-state index in [0.29, 0.717) is 28.8 Å². The van der Waals surface area contributed by atoms with Crippen molar-refractivity contribution >= 4 is 39.0 Å². The molecule has 4 heterocycles. The van der Waals surface area contributed by atoms with Crippen LogP contribution in [-0.4, -0.2) is 68.8 Å². The van der Waals surface area contributed by atoms with Crippen molar-refractivity contribution in [3.63, 3.8) is 0 Å². The van der Waals surface area contributed by atoms with Crippen molar-refractivity contribution in [1.82, 2.24) is 15.0 Å². The van der Waals surface area contributed by atoms with Crippen LogP contribution in [-0.2, 0) is 17.2 Å². The summed E-state index contributed by atoms with van der Waals surface area (Å²) in [6, 6.07) is 6.22. The Balaban J connectivity index is 1.31. The van der Waals surface area contributed by atoms with Gasteiger partial charge >= 0.3 is 0 Å². The molecule has 1 unspecified atom stereocenters. The highest BCUT2D eigenvalue weighted by atomic mass is 32.2. The Kier molecular flexibility index (Phi) is 6.99. The molecule has 5 rings (SSSR count). The van der Waals surface area contributed by atoms with Crippen LogP contribution in [0.3, 0.4) is 0 Å². The summed E-state index contributed by atoms with van der Waals surface area (Å²) in [6.45, 7) is 7.07. The average Bonchev–Trinajstić information content (AvgIpc) is 3.50. The van der Waals surface area contributed by atoms with E-state index in [-0.39, 0.29) is 24.4 Å². The van der Waals surface area contributed by atoms with Gasteiger partial charge in [0, 0.05) is 49.3 Å². The second-order valence-corrected chi connectivity index (χ2v) is 11.5. The Morgan fingerprint density at radius 1 is 1.11 bits per heavy atom. The van der Waals surface area contributed by atoms with E-state index >= 15 is 0 Å². The molecule has 2 aromatic heterocycles. The largest absolute Gasteiger partial charge is 0.394 e. The fourth-order valence-corrected chi connectivity index (χ4v) is 6.48. The van der Waals surface area contributed by atoms with E-state index in [4.69, 9.17) is 15.0 Å². The molecule has 0 bridgehead atoms. The Morgan fingerprint density at radius 2 is 1.83 bits per heavy atom. The number of thiazole rings is 1. The van der Waals surface area contributed by atoms with E-state index in [2.05, 4.69) is 15.1 Å². The van der Waals surface area contributed by atoms with Gasteiger partial charge < -0.3 is 20.2 Å². The number of halogens is 1. The summed E-state index contributed by atoms with van der Waals surface area (Å²) in [5.41, 5.74) is 2.59. The molecule has 2 aliphatic rings. The highest BCUT2D eigenvalue weighted by Crippen LogP contribution is 2.32. The van der Waals surface area contributed by atoms with Crippen molar-refractivity contribution in [2.24, 2.45) is 5.92 Å². The van der Waals surface area contributed by atoms with Gasteiger partial charge in [-0.1, -0.05) is 13.8 Å². The molecular formula is C24H29FN6O2S2. The topological polar surface area (TPSA) is 94.5 Å². The number of nitrogens with one attached hydrogen (secondary N) is 1. The molecule has 0 saturated carbocycles. The third-order valence-electron chi connectivity index (χ3n) is 6.46. The number of benzene rings is 1. The van der Waals surface area contributed by atoms with Crippen molar-refractivity contribution in [3.05, 3.63) is 41.2 Å². The van der Waals surface area contributed by atoms with Gasteiger partial charge in [0.1, 0.15) is 16.5 Å². The molecule has 1 fully saturated rings. The van der Waals surface area contributed by atoms with Crippen LogP contribution in [0.2, 0.25) is 0 Å². The smallest absolute Gasteiger partial charge is 0.227 e. The molecule has 8 nitrogen and oxygen atoms in total. The summed E-state index contributed by atoms with van der Waals surface area (Å²) in [5.74, 6) is 1.72. The van der Waals surface area contributed by atoms with Crippen LogP contribution < -0.4 is 15.1 Å². The van der Waals surface area contributed by atoms with E-state index in [1.165, 1.54) is 12.1 Å². The van der Waals surface area contributed by atoms with Crippen molar-refractivity contribution in [2.45, 2.75) is 31.2 Å². The number of anilines is 3. The Bertz CT molecular complexity index is 1210. The quantitative estimate of drug-likeness (QED) is 0.495. The summed E-state index contributed by atoms with van der Waals surface area (Å²) < 4.78 is 25.9. The van der Waals surface area contributed by atoms with E-state index in [1.807, 2.05) is 19.2 Å². The second-order valence-electron chi connectivity index (χ2n) is 9.12. The van der Waals surface area contributed by atoms with Gasteiger partial charge in [-0.15, -0.1) is 11.3 Å². The zero-order valence-electron chi connectivity index (χ0n) is 19.8. The third kappa shape index (κ3) is 5.03. The lowest BCUT2D eigenvalue weighted by Gasteiger charge is -2.35. The molecule has 0 aliphatic carbocycles. The fourth-order valence-electron chi connectivity index (χ4n) is 4.28. The van der Waals surface area contributed by atoms with Gasteiger partial charge in [-0.25, -0.2) is 14.4 Å². The van der Waals surface area contributed by atoms with Gasteiger partial charge in [0.2, 0.25) is 5.95 Å². The number of nitrogens with zero attached hydrogens (tertiary/aromatic N) is 5. The number of piperazine rings is 1. The van der Waals surface area contributed by atoms with Crippen LogP contribution in [0, 0.1) is 11.7 Å². The molecule has 2 aliphatic heterocycles. The maximum atomic E-state index is 13.2. The van der Waals surface area contributed by atoms with E-state index < -0.39 is 10.8 Å². The molecule has 0 amide bonds. The highest BCUT2D eigenvalue weighted by Gasteiger charge is 2.30. The molecule has 11 heteroatoms. The first-order chi connectivity index (χ1) is 16.9. The number of rotatable bonds is 7. The number of aliphatic hydroxyl groups excluding tert-OH is 1. The van der Waals surface area contributed by atoms with Gasteiger partial charge in [-0.05, 0) is 30.2 Å². The molecule has 1 saturated heterocycles. The number of aliphatic hydroxyl groups is 1. The summed E-state index contributed by atoms with van der Waals surface area (Å²) in [4.78, 5) is 19.4. The first-order valence-electron chi connectivity index (χ1n) is 11.8. The zero-order chi connectivity index (χ0) is 24.5. The summed E-state index contributed by atoms with van der Waals surface area (Å²) in [7, 11) is -1.12. The van der Waals surface area contributed by atoms with Crippen LogP contribution in [0.4, 0.5) is 21.3 Å². The monoisotopic (exact) mass is 516 g/mol. The summed E-state index contributed by atoms with van der Waals surface area (Å²) >= 11 is 1.59. The molecule has 3 aromatic rings. The second kappa shape index (κ2) is 10.2. The van der Waals surface area contributed by atoms with Crippen molar-refractivity contribution < 1.29 is 13.7 Å².